The van der Waals surface area contributed by atoms with E-state index in [0.717, 1.165) is 73.4 Å². The van der Waals surface area contributed by atoms with Gasteiger partial charge in [-0.05, 0) is 83.3 Å². The summed E-state index contributed by atoms with van der Waals surface area (Å²) in [4.78, 5) is 0. The van der Waals surface area contributed by atoms with E-state index in [4.69, 9.17) is 37.9 Å². The molecule has 282 valence electrons. The Hall–Kier alpha value is -3.76. The smallest absolute Gasteiger partial charge is 0.125 e. The molecule has 0 atom stereocenters. The van der Waals surface area contributed by atoms with E-state index in [1.807, 2.05) is 0 Å². The number of ether oxygens (including phenoxy) is 8. The third-order valence-corrected chi connectivity index (χ3v) is 10.6. The van der Waals surface area contributed by atoms with Gasteiger partial charge < -0.3 is 37.9 Å². The van der Waals surface area contributed by atoms with Gasteiger partial charge >= 0.3 is 0 Å². The van der Waals surface area contributed by atoms with Gasteiger partial charge in [0, 0.05) is 11.8 Å². The highest BCUT2D eigenvalue weighted by molar-refractivity contribution is 5.86. The summed E-state index contributed by atoms with van der Waals surface area (Å²) >= 11 is 0. The number of benzene rings is 4. The first-order valence-corrected chi connectivity index (χ1v) is 19.1. The first kappa shape index (κ1) is 37.6. The molecule has 2 saturated heterocycles. The van der Waals surface area contributed by atoms with Crippen molar-refractivity contribution in [2.45, 2.75) is 33.1 Å². The molecule has 7 rings (SSSR count). The average Bonchev–Trinajstić information content (AvgIpc) is 3.41. The Bertz CT molecular complexity index is 1650. The minimum Gasteiger partial charge on any atom is -0.491 e. The summed E-state index contributed by atoms with van der Waals surface area (Å²) in [6.07, 6.45) is 0. The van der Waals surface area contributed by atoms with E-state index in [2.05, 4.69) is 100 Å². The van der Waals surface area contributed by atoms with Crippen molar-refractivity contribution < 1.29 is 37.9 Å². The van der Waals surface area contributed by atoms with Crippen molar-refractivity contribution in [3.8, 4) is 22.6 Å². The fourth-order valence-corrected chi connectivity index (χ4v) is 7.92. The number of aryl methyl sites for hydroxylation is 4. The van der Waals surface area contributed by atoms with Gasteiger partial charge in [-0.15, -0.1) is 0 Å². The standard InChI is InChI=1S/C45H54O8/c1-31-21-37(22-32(2)43(31)52-19-17-46-13-15-48-25-35-27-50-28-35)45(41-11-7-5-9-39(41)40-10-6-8-12-42(40)45)38-23-33(3)44(34(4)24-38)53-20-18-47-14-16-49-26-36-29-51-30-36/h5-12,21-24,35-36H,13-20,25-30H2,1-4H3. The fourth-order valence-electron chi connectivity index (χ4n) is 7.92. The Labute approximate surface area is 314 Å². The highest BCUT2D eigenvalue weighted by atomic mass is 16.6. The molecule has 0 saturated carbocycles. The van der Waals surface area contributed by atoms with E-state index >= 15 is 0 Å². The fraction of sp³-hybridized carbons (Fsp3) is 0.467. The first-order chi connectivity index (χ1) is 26.0. The maximum atomic E-state index is 6.36. The van der Waals surface area contributed by atoms with E-state index in [9.17, 15) is 0 Å². The summed E-state index contributed by atoms with van der Waals surface area (Å²) in [7, 11) is 0. The second-order valence-electron chi connectivity index (χ2n) is 14.6. The van der Waals surface area contributed by atoms with E-state index in [-0.39, 0.29) is 0 Å². The molecule has 0 bridgehead atoms. The van der Waals surface area contributed by atoms with E-state index < -0.39 is 5.41 Å². The van der Waals surface area contributed by atoms with Gasteiger partial charge in [0.05, 0.1) is 84.7 Å². The molecule has 2 fully saturated rings. The van der Waals surface area contributed by atoms with Gasteiger partial charge in [-0.3, -0.25) is 0 Å². The quantitative estimate of drug-likeness (QED) is 0.0771. The predicted octanol–water partition coefficient (Wildman–Crippen LogP) is 7.40. The molecule has 8 heteroatoms. The molecule has 2 heterocycles. The summed E-state index contributed by atoms with van der Waals surface area (Å²) in [5, 5.41) is 0. The third-order valence-electron chi connectivity index (χ3n) is 10.6. The minimum absolute atomic E-state index is 0.475. The molecular formula is C45H54O8. The molecule has 4 aromatic rings. The van der Waals surface area contributed by atoms with Crippen LogP contribution in [0.1, 0.15) is 44.5 Å². The SMILES string of the molecule is Cc1cc(C2(c3cc(C)c(OCCOCCOCC4COC4)c(C)c3)c3ccccc3-c3ccccc32)cc(C)c1OCCOCCOCC1COC1. The van der Waals surface area contributed by atoms with Crippen LogP contribution < -0.4 is 9.47 Å². The number of rotatable bonds is 20. The second-order valence-corrected chi connectivity index (χ2v) is 14.6. The molecule has 0 unspecified atom stereocenters. The summed E-state index contributed by atoms with van der Waals surface area (Å²) in [6, 6.07) is 27.0. The Morgan fingerprint density at radius 1 is 0.491 bits per heavy atom. The second kappa shape index (κ2) is 17.6. The summed E-state index contributed by atoms with van der Waals surface area (Å²) < 4.78 is 46.2. The molecule has 0 N–H and O–H groups in total. The van der Waals surface area contributed by atoms with Crippen molar-refractivity contribution in [2.24, 2.45) is 11.8 Å². The van der Waals surface area contributed by atoms with E-state index in [1.54, 1.807) is 0 Å². The van der Waals surface area contributed by atoms with Gasteiger partial charge in [-0.2, -0.15) is 0 Å². The van der Waals surface area contributed by atoms with Crippen LogP contribution in [0.4, 0.5) is 0 Å². The predicted molar refractivity (Wildman–Crippen MR) is 206 cm³/mol. The molecule has 53 heavy (non-hydrogen) atoms. The lowest BCUT2D eigenvalue weighted by Gasteiger charge is -2.35. The van der Waals surface area contributed by atoms with Gasteiger partial charge in [-0.25, -0.2) is 0 Å². The lowest BCUT2D eigenvalue weighted by molar-refractivity contribution is -0.0779. The maximum Gasteiger partial charge on any atom is 0.125 e. The summed E-state index contributed by atoms with van der Waals surface area (Å²) in [6.45, 7) is 17.5. The average molecular weight is 723 g/mol. The van der Waals surface area contributed by atoms with Crippen LogP contribution in [-0.2, 0) is 33.8 Å². The van der Waals surface area contributed by atoms with Gasteiger partial charge in [0.2, 0.25) is 0 Å². The lowest BCUT2D eigenvalue weighted by atomic mass is 9.66. The first-order valence-electron chi connectivity index (χ1n) is 19.1. The molecule has 0 amide bonds. The van der Waals surface area contributed by atoms with Crippen LogP contribution in [0.5, 0.6) is 11.5 Å². The third kappa shape index (κ3) is 8.19. The highest BCUT2D eigenvalue weighted by Crippen LogP contribution is 2.57. The number of fused-ring (bicyclic) bond motifs is 3. The van der Waals surface area contributed by atoms with Crippen LogP contribution in [0.3, 0.4) is 0 Å². The molecule has 8 nitrogen and oxygen atoms in total. The van der Waals surface area contributed by atoms with Crippen LogP contribution in [0.2, 0.25) is 0 Å². The van der Waals surface area contributed by atoms with Crippen LogP contribution in [-0.4, -0.2) is 92.5 Å². The molecule has 0 aromatic heterocycles. The zero-order chi connectivity index (χ0) is 36.6. The highest BCUT2D eigenvalue weighted by Gasteiger charge is 2.46. The van der Waals surface area contributed by atoms with Crippen molar-refractivity contribution in [2.75, 3.05) is 92.5 Å². The Morgan fingerprint density at radius 3 is 1.23 bits per heavy atom. The van der Waals surface area contributed by atoms with Crippen molar-refractivity contribution in [3.05, 3.63) is 117 Å². The largest absolute Gasteiger partial charge is 0.491 e. The monoisotopic (exact) mass is 722 g/mol. The lowest BCUT2D eigenvalue weighted by Crippen LogP contribution is -2.32. The van der Waals surface area contributed by atoms with Crippen molar-refractivity contribution >= 4 is 0 Å². The Morgan fingerprint density at radius 2 is 0.849 bits per heavy atom. The van der Waals surface area contributed by atoms with Crippen molar-refractivity contribution in [1.29, 1.82) is 0 Å². The molecule has 0 radical (unpaired) electrons. The normalized spacial score (nSPS) is 16.2. The van der Waals surface area contributed by atoms with Crippen molar-refractivity contribution in [1.82, 2.24) is 0 Å². The molecular weight excluding hydrogens is 668 g/mol. The van der Waals surface area contributed by atoms with E-state index in [1.165, 1.54) is 33.4 Å². The van der Waals surface area contributed by atoms with Gasteiger partial charge in [0.1, 0.15) is 24.7 Å². The molecule has 3 aliphatic rings. The summed E-state index contributed by atoms with van der Waals surface area (Å²) in [5.41, 5.74) is 11.4. The van der Waals surface area contributed by atoms with Crippen LogP contribution >= 0.6 is 0 Å². The number of hydrogen-bond acceptors (Lipinski definition) is 8. The molecule has 1 aliphatic carbocycles. The van der Waals surface area contributed by atoms with Crippen LogP contribution in [0, 0.1) is 39.5 Å². The molecule has 4 aromatic carbocycles. The number of hydrogen-bond donors (Lipinski definition) is 0. The Kier molecular flexibility index (Phi) is 12.5. The van der Waals surface area contributed by atoms with Crippen molar-refractivity contribution in [3.63, 3.8) is 0 Å². The zero-order valence-corrected chi connectivity index (χ0v) is 31.7. The van der Waals surface area contributed by atoms with Gasteiger partial charge in [-0.1, -0.05) is 72.8 Å². The van der Waals surface area contributed by atoms with E-state index in [0.29, 0.717) is 64.7 Å². The minimum atomic E-state index is -0.529. The molecule has 0 spiro atoms. The topological polar surface area (TPSA) is 73.8 Å². The maximum absolute atomic E-state index is 6.36. The molecule has 2 aliphatic heterocycles. The van der Waals surface area contributed by atoms with Crippen LogP contribution in [0.25, 0.3) is 11.1 Å². The zero-order valence-electron chi connectivity index (χ0n) is 31.7. The van der Waals surface area contributed by atoms with Gasteiger partial charge in [0.25, 0.3) is 0 Å². The van der Waals surface area contributed by atoms with Gasteiger partial charge in [0.15, 0.2) is 0 Å². The van der Waals surface area contributed by atoms with Crippen LogP contribution in [0.15, 0.2) is 72.8 Å². The Balaban J connectivity index is 1.09. The summed E-state index contributed by atoms with van der Waals surface area (Å²) in [5.74, 6) is 2.88.